The standard InChI is InChI=1S/C24H40N4O2/c1-22-9-7-18(29)14-16(22)4-5-20-19(22)8-10-23(2)17(6-11-24(20,23)30)15-26-27-21-25-12-13-28(21)3/h15-20,29-30H,4-14H2,1-3H3,(H,25,27)/b26-15+/t16-,17-,18+,19?,20?,22+,23-,24+/m1/s1. The highest BCUT2D eigenvalue weighted by molar-refractivity contribution is 5.81. The van der Waals surface area contributed by atoms with Crippen LogP contribution in [-0.2, 0) is 0 Å². The molecule has 4 aliphatic carbocycles. The van der Waals surface area contributed by atoms with Crippen molar-refractivity contribution < 1.29 is 10.2 Å². The van der Waals surface area contributed by atoms with Crippen LogP contribution in [0.25, 0.3) is 0 Å². The van der Waals surface area contributed by atoms with Gasteiger partial charge in [0.15, 0.2) is 0 Å². The van der Waals surface area contributed by atoms with Crippen molar-refractivity contribution in [3.63, 3.8) is 0 Å². The normalized spacial score (nSPS) is 50.8. The third-order valence-corrected chi connectivity index (χ3v) is 10.4. The summed E-state index contributed by atoms with van der Waals surface area (Å²) in [6.45, 7) is 6.57. The molecule has 4 saturated carbocycles. The third-order valence-electron chi connectivity index (χ3n) is 10.4. The number of fused-ring (bicyclic) bond motifs is 5. The van der Waals surface area contributed by atoms with Crippen molar-refractivity contribution in [3.05, 3.63) is 0 Å². The number of nitrogens with one attached hydrogen (secondary N) is 1. The molecule has 0 aromatic carbocycles. The van der Waals surface area contributed by atoms with Crippen molar-refractivity contribution in [3.8, 4) is 0 Å². The first-order valence-corrected chi connectivity index (χ1v) is 12.2. The van der Waals surface area contributed by atoms with Gasteiger partial charge in [-0.15, -0.1) is 0 Å². The van der Waals surface area contributed by atoms with E-state index in [0.29, 0.717) is 23.7 Å². The summed E-state index contributed by atoms with van der Waals surface area (Å²) >= 11 is 0. The Balaban J connectivity index is 1.34. The lowest BCUT2D eigenvalue weighted by Gasteiger charge is -2.63. The number of hydrazone groups is 1. The van der Waals surface area contributed by atoms with Crippen LogP contribution in [-0.4, -0.2) is 59.1 Å². The molecule has 2 unspecified atom stereocenters. The molecule has 3 N–H and O–H groups in total. The Kier molecular flexibility index (Phi) is 4.97. The Bertz CT molecular complexity index is 741. The highest BCUT2D eigenvalue weighted by atomic mass is 16.3. The Morgan fingerprint density at radius 1 is 1.10 bits per heavy atom. The minimum atomic E-state index is -0.585. The van der Waals surface area contributed by atoms with E-state index in [2.05, 4.69) is 40.5 Å². The van der Waals surface area contributed by atoms with Gasteiger partial charge in [-0.3, -0.25) is 0 Å². The maximum Gasteiger partial charge on any atom is 0.214 e. The number of aliphatic hydroxyl groups is 2. The van der Waals surface area contributed by atoms with Crippen LogP contribution in [0.15, 0.2) is 10.1 Å². The van der Waals surface area contributed by atoms with Gasteiger partial charge in [-0.1, -0.05) is 13.8 Å². The van der Waals surface area contributed by atoms with E-state index >= 15 is 0 Å². The highest BCUT2D eigenvalue weighted by Crippen LogP contribution is 2.68. The van der Waals surface area contributed by atoms with Crippen molar-refractivity contribution in [2.24, 2.45) is 44.6 Å². The Labute approximate surface area is 181 Å². The summed E-state index contributed by atoms with van der Waals surface area (Å²) < 4.78 is 0. The minimum absolute atomic E-state index is 0.0971. The van der Waals surface area contributed by atoms with Crippen molar-refractivity contribution in [1.82, 2.24) is 10.3 Å². The summed E-state index contributed by atoms with van der Waals surface area (Å²) in [6, 6.07) is 0. The lowest BCUT2D eigenvalue weighted by Crippen LogP contribution is -2.62. The van der Waals surface area contributed by atoms with E-state index in [1.54, 1.807) is 0 Å². The maximum absolute atomic E-state index is 12.2. The maximum atomic E-state index is 12.2. The number of guanidine groups is 1. The molecular formula is C24H40N4O2. The van der Waals surface area contributed by atoms with E-state index in [9.17, 15) is 10.2 Å². The van der Waals surface area contributed by atoms with Crippen LogP contribution in [0.1, 0.15) is 71.6 Å². The average Bonchev–Trinajstić information content (AvgIpc) is 3.23. The first-order valence-electron chi connectivity index (χ1n) is 12.2. The van der Waals surface area contributed by atoms with Gasteiger partial charge in [0.1, 0.15) is 0 Å². The van der Waals surface area contributed by atoms with E-state index < -0.39 is 5.60 Å². The fourth-order valence-corrected chi connectivity index (χ4v) is 8.32. The molecule has 0 aromatic heterocycles. The predicted octanol–water partition coefficient (Wildman–Crippen LogP) is 3.00. The van der Waals surface area contributed by atoms with Gasteiger partial charge >= 0.3 is 0 Å². The fraction of sp³-hybridized carbons (Fsp3) is 0.917. The number of aliphatic imine (C=N–C) groups is 1. The molecule has 1 heterocycles. The monoisotopic (exact) mass is 416 g/mol. The summed E-state index contributed by atoms with van der Waals surface area (Å²) in [5.74, 6) is 2.77. The molecule has 1 aliphatic heterocycles. The topological polar surface area (TPSA) is 80.5 Å². The molecule has 168 valence electrons. The Morgan fingerprint density at radius 3 is 2.70 bits per heavy atom. The van der Waals surface area contributed by atoms with Crippen LogP contribution in [0.5, 0.6) is 0 Å². The molecular weight excluding hydrogens is 376 g/mol. The van der Waals surface area contributed by atoms with Gasteiger partial charge in [0.25, 0.3) is 0 Å². The lowest BCUT2D eigenvalue weighted by atomic mass is 9.43. The van der Waals surface area contributed by atoms with E-state index in [1.807, 2.05) is 7.05 Å². The zero-order valence-corrected chi connectivity index (χ0v) is 19.0. The molecule has 0 aromatic rings. The number of nitrogens with zero attached hydrogens (tertiary/aromatic N) is 3. The second-order valence-corrected chi connectivity index (χ2v) is 11.5. The zero-order chi connectivity index (χ0) is 21.1. The van der Waals surface area contributed by atoms with E-state index in [-0.39, 0.29) is 16.9 Å². The smallest absolute Gasteiger partial charge is 0.214 e. The second kappa shape index (κ2) is 7.19. The highest BCUT2D eigenvalue weighted by Gasteiger charge is 2.66. The SMILES string of the molecule is CN1CCN=C1N/N=C/[C@H]1CC[C@]2(O)C3CC[C@@H]4C[C@@H](O)CC[C@]4(C)C3CC[C@]12C. The summed E-state index contributed by atoms with van der Waals surface area (Å²) in [4.78, 5) is 6.54. The molecule has 0 saturated heterocycles. The summed E-state index contributed by atoms with van der Waals surface area (Å²) in [5.41, 5.74) is 2.73. The number of hydrogen-bond donors (Lipinski definition) is 3. The van der Waals surface area contributed by atoms with Crippen LogP contribution in [0, 0.1) is 34.5 Å². The number of hydrogen-bond acceptors (Lipinski definition) is 6. The molecule has 0 spiro atoms. The molecule has 5 aliphatic rings. The summed E-state index contributed by atoms with van der Waals surface area (Å²) in [5, 5.41) is 27.0. The van der Waals surface area contributed by atoms with Crippen LogP contribution < -0.4 is 5.43 Å². The molecule has 8 atom stereocenters. The minimum Gasteiger partial charge on any atom is -0.393 e. The Morgan fingerprint density at radius 2 is 1.93 bits per heavy atom. The van der Waals surface area contributed by atoms with Crippen molar-refractivity contribution in [2.45, 2.75) is 83.3 Å². The zero-order valence-electron chi connectivity index (χ0n) is 19.0. The van der Waals surface area contributed by atoms with Crippen molar-refractivity contribution >= 4 is 12.2 Å². The fourth-order valence-electron chi connectivity index (χ4n) is 8.32. The summed E-state index contributed by atoms with van der Waals surface area (Å²) in [6.07, 6.45) is 11.5. The molecule has 0 bridgehead atoms. The first kappa shape index (κ1) is 20.7. The number of aliphatic hydroxyl groups excluding tert-OH is 1. The van der Waals surface area contributed by atoms with E-state index in [1.165, 1.54) is 12.8 Å². The van der Waals surface area contributed by atoms with Crippen LogP contribution in [0.4, 0.5) is 0 Å². The van der Waals surface area contributed by atoms with Crippen LogP contribution in [0.2, 0.25) is 0 Å². The largest absolute Gasteiger partial charge is 0.393 e. The lowest BCUT2D eigenvalue weighted by molar-refractivity contribution is -0.206. The molecule has 6 heteroatoms. The van der Waals surface area contributed by atoms with Gasteiger partial charge in [0, 0.05) is 31.1 Å². The molecule has 4 fully saturated rings. The predicted molar refractivity (Wildman–Crippen MR) is 119 cm³/mol. The molecule has 5 rings (SSSR count). The second-order valence-electron chi connectivity index (χ2n) is 11.5. The van der Waals surface area contributed by atoms with Gasteiger partial charge in [0.2, 0.25) is 5.96 Å². The number of rotatable bonds is 2. The van der Waals surface area contributed by atoms with Gasteiger partial charge in [-0.2, -0.15) is 5.10 Å². The van der Waals surface area contributed by atoms with Gasteiger partial charge in [-0.25, -0.2) is 10.4 Å². The van der Waals surface area contributed by atoms with Gasteiger partial charge in [0.05, 0.1) is 18.2 Å². The van der Waals surface area contributed by atoms with Crippen LogP contribution >= 0.6 is 0 Å². The van der Waals surface area contributed by atoms with E-state index in [0.717, 1.165) is 64.0 Å². The summed E-state index contributed by atoms with van der Waals surface area (Å²) in [7, 11) is 2.03. The Hall–Kier alpha value is -1.14. The van der Waals surface area contributed by atoms with Crippen molar-refractivity contribution in [2.75, 3.05) is 20.1 Å². The molecule has 0 radical (unpaired) electrons. The van der Waals surface area contributed by atoms with Gasteiger partial charge in [-0.05, 0) is 81.0 Å². The number of likely N-dealkylation sites (N-methyl/N-ethyl adjacent to an activating group) is 1. The van der Waals surface area contributed by atoms with Gasteiger partial charge < -0.3 is 15.1 Å². The van der Waals surface area contributed by atoms with Crippen molar-refractivity contribution in [1.29, 1.82) is 0 Å². The van der Waals surface area contributed by atoms with Crippen LogP contribution in [0.3, 0.4) is 0 Å². The molecule has 30 heavy (non-hydrogen) atoms. The third kappa shape index (κ3) is 2.89. The van der Waals surface area contributed by atoms with E-state index in [4.69, 9.17) is 0 Å². The molecule has 0 amide bonds. The quantitative estimate of drug-likeness (QED) is 0.478. The average molecular weight is 417 g/mol. The molecule has 6 nitrogen and oxygen atoms in total. The first-order chi connectivity index (χ1) is 14.3.